The van der Waals surface area contributed by atoms with Crippen molar-refractivity contribution in [1.29, 1.82) is 0 Å². The Bertz CT molecular complexity index is 1290. The lowest BCUT2D eigenvalue weighted by Gasteiger charge is -2.22. The van der Waals surface area contributed by atoms with Gasteiger partial charge in [0, 0.05) is 35.3 Å². The first-order chi connectivity index (χ1) is 17.0. The molecule has 0 aliphatic carbocycles. The average molecular weight is 534 g/mol. The van der Waals surface area contributed by atoms with Gasteiger partial charge in [-0.25, -0.2) is 13.8 Å². The van der Waals surface area contributed by atoms with Crippen LogP contribution in [0.15, 0.2) is 71.1 Å². The van der Waals surface area contributed by atoms with E-state index in [1.807, 2.05) is 21.8 Å². The van der Waals surface area contributed by atoms with Gasteiger partial charge in [-0.2, -0.15) is 0 Å². The first-order valence-electron chi connectivity index (χ1n) is 10.5. The summed E-state index contributed by atoms with van der Waals surface area (Å²) < 4.78 is 41.9. The molecule has 10 heteroatoms. The zero-order valence-electron chi connectivity index (χ0n) is 18.9. The van der Waals surface area contributed by atoms with E-state index in [1.165, 1.54) is 29.4 Å². The third-order valence-electron chi connectivity index (χ3n) is 5.12. The molecule has 1 N–H and O–H groups in total. The Labute approximate surface area is 215 Å². The second-order valence-corrected chi connectivity index (χ2v) is 9.62. The van der Waals surface area contributed by atoms with Crippen molar-refractivity contribution in [1.82, 2.24) is 4.98 Å². The fourth-order valence-corrected chi connectivity index (χ4v) is 5.26. The third kappa shape index (κ3) is 5.98. The minimum atomic E-state index is -0.571. The SMILES string of the molecule is COc1ccc(CN(Sc2ccc(NCc3ccccc3F)c(Cl)c2F)c2nccs2)c(OC)c1. The molecule has 4 aromatic rings. The number of rotatable bonds is 10. The zero-order valence-corrected chi connectivity index (χ0v) is 21.3. The van der Waals surface area contributed by atoms with Crippen molar-refractivity contribution >= 4 is 45.7 Å². The highest BCUT2D eigenvalue weighted by atomic mass is 35.5. The maximum atomic E-state index is 15.3. The lowest BCUT2D eigenvalue weighted by molar-refractivity contribution is 0.391. The Balaban J connectivity index is 1.56. The van der Waals surface area contributed by atoms with Crippen LogP contribution < -0.4 is 19.1 Å². The summed E-state index contributed by atoms with van der Waals surface area (Å²) in [5.74, 6) is 0.420. The fourth-order valence-electron chi connectivity index (χ4n) is 3.30. The highest BCUT2D eigenvalue weighted by Gasteiger charge is 2.20. The predicted molar refractivity (Wildman–Crippen MR) is 139 cm³/mol. The van der Waals surface area contributed by atoms with Crippen LogP contribution in [0.3, 0.4) is 0 Å². The first-order valence-corrected chi connectivity index (χ1v) is 12.5. The molecule has 0 fully saturated rings. The van der Waals surface area contributed by atoms with Crippen LogP contribution in [0.1, 0.15) is 11.1 Å². The van der Waals surface area contributed by atoms with Gasteiger partial charge in [0.2, 0.25) is 0 Å². The lowest BCUT2D eigenvalue weighted by Crippen LogP contribution is -2.15. The summed E-state index contributed by atoms with van der Waals surface area (Å²) in [6.45, 7) is 0.580. The van der Waals surface area contributed by atoms with Gasteiger partial charge < -0.3 is 14.8 Å². The third-order valence-corrected chi connectivity index (χ3v) is 7.44. The quantitative estimate of drug-likeness (QED) is 0.214. The molecule has 3 aromatic carbocycles. The Morgan fingerprint density at radius 2 is 1.89 bits per heavy atom. The van der Waals surface area contributed by atoms with Crippen LogP contribution >= 0.6 is 34.9 Å². The molecule has 0 saturated heterocycles. The molecule has 0 bridgehead atoms. The number of nitrogens with zero attached hydrogens (tertiary/aromatic N) is 2. The van der Waals surface area contributed by atoms with Gasteiger partial charge in [-0.1, -0.05) is 29.8 Å². The van der Waals surface area contributed by atoms with Gasteiger partial charge in [-0.3, -0.25) is 4.31 Å². The molecule has 5 nitrogen and oxygen atoms in total. The van der Waals surface area contributed by atoms with Crippen molar-refractivity contribution in [3.05, 3.63) is 94.0 Å². The summed E-state index contributed by atoms with van der Waals surface area (Å²) in [6.07, 6.45) is 1.69. The molecule has 0 radical (unpaired) electrons. The molecule has 0 spiro atoms. The molecule has 0 saturated carbocycles. The van der Waals surface area contributed by atoms with Crippen LogP contribution in [-0.4, -0.2) is 19.2 Å². The second kappa shape index (κ2) is 11.6. The van der Waals surface area contributed by atoms with Gasteiger partial charge in [-0.15, -0.1) is 11.3 Å². The van der Waals surface area contributed by atoms with Crippen LogP contribution in [0, 0.1) is 11.6 Å². The number of anilines is 2. The molecule has 0 aliphatic heterocycles. The van der Waals surface area contributed by atoms with E-state index in [9.17, 15) is 4.39 Å². The highest BCUT2D eigenvalue weighted by molar-refractivity contribution is 8.00. The Morgan fingerprint density at radius 3 is 2.60 bits per heavy atom. The second-order valence-electron chi connectivity index (χ2n) is 7.30. The van der Waals surface area contributed by atoms with E-state index in [-0.39, 0.29) is 17.4 Å². The molecular weight excluding hydrogens is 512 g/mol. The lowest BCUT2D eigenvalue weighted by atomic mass is 10.2. The molecule has 1 aromatic heterocycles. The molecule has 35 heavy (non-hydrogen) atoms. The minimum Gasteiger partial charge on any atom is -0.497 e. The van der Waals surface area contributed by atoms with E-state index < -0.39 is 5.82 Å². The minimum absolute atomic E-state index is 0.0625. The number of benzene rings is 3. The number of halogens is 3. The van der Waals surface area contributed by atoms with E-state index in [2.05, 4.69) is 10.3 Å². The van der Waals surface area contributed by atoms with Gasteiger partial charge in [0.25, 0.3) is 0 Å². The highest BCUT2D eigenvalue weighted by Crippen LogP contribution is 2.39. The molecule has 0 amide bonds. The Kier molecular flexibility index (Phi) is 8.33. The number of hydrogen-bond acceptors (Lipinski definition) is 7. The van der Waals surface area contributed by atoms with Crippen molar-refractivity contribution in [2.75, 3.05) is 23.8 Å². The maximum Gasteiger partial charge on any atom is 0.195 e. The van der Waals surface area contributed by atoms with E-state index in [1.54, 1.807) is 56.8 Å². The fraction of sp³-hybridized carbons (Fsp3) is 0.160. The first kappa shape index (κ1) is 25.1. The molecule has 4 rings (SSSR count). The molecule has 0 atom stereocenters. The Hall–Kier alpha value is -3.01. The van der Waals surface area contributed by atoms with Gasteiger partial charge in [-0.05, 0) is 42.3 Å². The summed E-state index contributed by atoms with van der Waals surface area (Å²) in [7, 11) is 3.18. The van der Waals surface area contributed by atoms with Crippen molar-refractivity contribution in [3.63, 3.8) is 0 Å². The molecule has 1 heterocycles. The molecule has 0 aliphatic rings. The normalized spacial score (nSPS) is 10.8. The molecular formula is C25H22ClF2N3O2S2. The van der Waals surface area contributed by atoms with Gasteiger partial charge in [0.1, 0.15) is 22.3 Å². The van der Waals surface area contributed by atoms with Crippen LogP contribution in [-0.2, 0) is 13.1 Å². The van der Waals surface area contributed by atoms with Crippen molar-refractivity contribution in [3.8, 4) is 11.5 Å². The van der Waals surface area contributed by atoms with Gasteiger partial charge in [0.15, 0.2) is 10.9 Å². The smallest absolute Gasteiger partial charge is 0.195 e. The summed E-state index contributed by atoms with van der Waals surface area (Å²) in [4.78, 5) is 4.72. The van der Waals surface area contributed by atoms with Crippen LogP contribution in [0.2, 0.25) is 5.02 Å². The van der Waals surface area contributed by atoms with E-state index in [0.29, 0.717) is 39.3 Å². The van der Waals surface area contributed by atoms with E-state index in [0.717, 1.165) is 5.56 Å². The van der Waals surface area contributed by atoms with Gasteiger partial charge in [0.05, 0.1) is 31.3 Å². The van der Waals surface area contributed by atoms with Crippen LogP contribution in [0.5, 0.6) is 11.5 Å². The van der Waals surface area contributed by atoms with Crippen LogP contribution in [0.25, 0.3) is 0 Å². The zero-order chi connectivity index (χ0) is 24.8. The molecule has 182 valence electrons. The van der Waals surface area contributed by atoms with Crippen LogP contribution in [0.4, 0.5) is 19.6 Å². The summed E-state index contributed by atoms with van der Waals surface area (Å²) in [6, 6.07) is 15.3. The monoisotopic (exact) mass is 533 g/mol. The average Bonchev–Trinajstić information content (AvgIpc) is 3.42. The van der Waals surface area contributed by atoms with Crippen molar-refractivity contribution < 1.29 is 18.3 Å². The number of aromatic nitrogens is 1. The largest absolute Gasteiger partial charge is 0.497 e. The topological polar surface area (TPSA) is 46.6 Å². The number of ether oxygens (including phenoxy) is 2. The standard InChI is InChI=1S/C25H22ClF2N3O2S2/c1-32-18-8-7-17(21(13-18)33-2)15-31(25-29-11-12-34-25)35-22-10-9-20(23(26)24(22)28)30-14-16-5-3-4-6-19(16)27/h3-13,30H,14-15H2,1-2H3. The summed E-state index contributed by atoms with van der Waals surface area (Å²) in [5.41, 5.74) is 1.73. The maximum absolute atomic E-state index is 15.3. The number of nitrogens with one attached hydrogen (secondary N) is 1. The van der Waals surface area contributed by atoms with Crippen molar-refractivity contribution in [2.24, 2.45) is 0 Å². The number of hydrogen-bond donors (Lipinski definition) is 1. The Morgan fingerprint density at radius 1 is 1.06 bits per heavy atom. The molecule has 0 unspecified atom stereocenters. The predicted octanol–water partition coefficient (Wildman–Crippen LogP) is 7.42. The van der Waals surface area contributed by atoms with E-state index in [4.69, 9.17) is 21.1 Å². The summed E-state index contributed by atoms with van der Waals surface area (Å²) in [5, 5.41) is 5.50. The van der Waals surface area contributed by atoms with E-state index >= 15 is 4.39 Å². The number of thiazole rings is 1. The number of methoxy groups -OCH3 is 2. The van der Waals surface area contributed by atoms with Gasteiger partial charge >= 0.3 is 0 Å². The summed E-state index contributed by atoms with van der Waals surface area (Å²) >= 11 is 8.96. The van der Waals surface area contributed by atoms with Crippen molar-refractivity contribution in [2.45, 2.75) is 18.0 Å².